The number of rotatable bonds is 20. The molecule has 4 aliphatic heterocycles. The van der Waals surface area contributed by atoms with Crippen molar-refractivity contribution in [2.75, 3.05) is 13.7 Å². The Bertz CT molecular complexity index is 2510. The first-order valence-electron chi connectivity index (χ1n) is 25.7. The average molecular weight is 980 g/mol. The van der Waals surface area contributed by atoms with Crippen LogP contribution in [0.2, 0.25) is 0 Å². The number of phenols is 2. The molecule has 14 nitrogen and oxygen atoms in total. The molecule has 4 heterocycles. The van der Waals surface area contributed by atoms with E-state index in [1.54, 1.807) is 4.90 Å². The van der Waals surface area contributed by atoms with Crippen LogP contribution in [-0.4, -0.2) is 103 Å². The fourth-order valence-electron chi connectivity index (χ4n) is 10.8. The summed E-state index contributed by atoms with van der Waals surface area (Å²) in [5, 5.41) is 48.3. The first kappa shape index (κ1) is 53.2. The van der Waals surface area contributed by atoms with Gasteiger partial charge in [0.1, 0.15) is 40.2 Å². The van der Waals surface area contributed by atoms with E-state index in [1.807, 2.05) is 13.8 Å². The van der Waals surface area contributed by atoms with Crippen LogP contribution in [0, 0.1) is 5.92 Å². The van der Waals surface area contributed by atoms with Crippen LogP contribution in [0.4, 0.5) is 0 Å². The van der Waals surface area contributed by atoms with Crippen molar-refractivity contribution >= 4 is 23.7 Å². The summed E-state index contributed by atoms with van der Waals surface area (Å²) in [6.07, 6.45) is 14.8. The number of aliphatic hydroxyl groups excluding tert-OH is 2. The van der Waals surface area contributed by atoms with Gasteiger partial charge < -0.3 is 49.8 Å². The molecule has 5 N–H and O–H groups in total. The van der Waals surface area contributed by atoms with Gasteiger partial charge in [0, 0.05) is 47.7 Å². The molecular formula is C57H77N3O11. The Morgan fingerprint density at radius 3 is 1.73 bits per heavy atom. The van der Waals surface area contributed by atoms with E-state index in [1.165, 1.54) is 46.4 Å². The highest BCUT2D eigenvalue weighted by Crippen LogP contribution is 2.48. The Balaban J connectivity index is 1.07. The third-order valence-electron chi connectivity index (χ3n) is 15.5. The maximum atomic E-state index is 14.5. The van der Waals surface area contributed by atoms with E-state index in [2.05, 4.69) is 71.2 Å². The monoisotopic (exact) mass is 980 g/mol. The molecule has 5 aliphatic rings. The van der Waals surface area contributed by atoms with Crippen molar-refractivity contribution < 1.29 is 53.8 Å². The van der Waals surface area contributed by atoms with Gasteiger partial charge in [-0.3, -0.25) is 19.2 Å². The van der Waals surface area contributed by atoms with Gasteiger partial charge in [0.2, 0.25) is 5.91 Å². The Morgan fingerprint density at radius 2 is 1.24 bits per heavy atom. The van der Waals surface area contributed by atoms with Crippen molar-refractivity contribution in [3.05, 3.63) is 92.1 Å². The average Bonchev–Trinajstić information content (AvgIpc) is 3.78. The van der Waals surface area contributed by atoms with Crippen LogP contribution < -0.4 is 14.8 Å². The quantitative estimate of drug-likeness (QED) is 0.0628. The van der Waals surface area contributed by atoms with Crippen molar-refractivity contribution in [3.63, 3.8) is 0 Å². The van der Waals surface area contributed by atoms with Gasteiger partial charge in [-0.25, -0.2) is 0 Å². The molecule has 2 aromatic carbocycles. The van der Waals surface area contributed by atoms with Crippen LogP contribution in [-0.2, 0) is 40.3 Å². The number of nitrogens with zero attached hydrogens (tertiary/aromatic N) is 2. The van der Waals surface area contributed by atoms with Crippen LogP contribution in [0.5, 0.6) is 23.0 Å². The maximum Gasteiger partial charge on any atom is 0.308 e. The Kier molecular flexibility index (Phi) is 16.5. The number of phenolic OH excluding ortho intramolecular Hbond substituents is 2. The number of hydrogen-bond donors (Lipinski definition) is 5. The number of carbonyl (C=O) groups is 4. The van der Waals surface area contributed by atoms with Gasteiger partial charge in [-0.1, -0.05) is 46.6 Å². The second-order valence-corrected chi connectivity index (χ2v) is 21.8. The number of aromatic hydroxyl groups is 2. The summed E-state index contributed by atoms with van der Waals surface area (Å²) >= 11 is 0. The van der Waals surface area contributed by atoms with Crippen molar-refractivity contribution in [2.45, 2.75) is 194 Å². The number of allylic oxidation sites excluding steroid dienone is 8. The topological polar surface area (TPSA) is 195 Å². The number of amides is 3. The molecule has 1 aliphatic carbocycles. The number of esters is 1. The lowest BCUT2D eigenvalue weighted by Gasteiger charge is -2.41. The summed E-state index contributed by atoms with van der Waals surface area (Å²) in [6.45, 7) is 16.7. The first-order chi connectivity index (χ1) is 33.6. The normalized spacial score (nSPS) is 24.9. The molecule has 7 rings (SSSR count). The minimum Gasteiger partial charge on any atom is -0.508 e. The summed E-state index contributed by atoms with van der Waals surface area (Å²) in [4.78, 5) is 58.3. The Morgan fingerprint density at radius 1 is 0.746 bits per heavy atom. The van der Waals surface area contributed by atoms with Gasteiger partial charge in [-0.05, 0) is 145 Å². The number of methoxy groups -OCH3 is 1. The minimum absolute atomic E-state index is 0.0204. The molecule has 2 aromatic rings. The molecule has 0 bridgehead atoms. The first-order valence-corrected chi connectivity index (χ1v) is 25.7. The number of hydrogen-bond acceptors (Lipinski definition) is 11. The van der Waals surface area contributed by atoms with Gasteiger partial charge in [0.15, 0.2) is 0 Å². The molecule has 0 radical (unpaired) electrons. The molecule has 386 valence electrons. The number of fused-ring (bicyclic) bond motifs is 6. The van der Waals surface area contributed by atoms with E-state index in [9.17, 15) is 39.6 Å². The fraction of sp³-hybridized carbons (Fsp3) is 0.579. The summed E-state index contributed by atoms with van der Waals surface area (Å²) in [5.41, 5.74) is 5.71. The molecule has 0 saturated heterocycles. The lowest BCUT2D eigenvalue weighted by atomic mass is 9.80. The highest BCUT2D eigenvalue weighted by molar-refractivity contribution is 6.03. The Labute approximate surface area is 419 Å². The number of benzene rings is 2. The summed E-state index contributed by atoms with van der Waals surface area (Å²) in [6, 6.07) is 1.57. The van der Waals surface area contributed by atoms with Gasteiger partial charge >= 0.3 is 5.97 Å². The molecule has 0 aromatic heterocycles. The zero-order chi connectivity index (χ0) is 51.5. The van der Waals surface area contributed by atoms with Crippen molar-refractivity contribution in [2.24, 2.45) is 5.92 Å². The van der Waals surface area contributed by atoms with Crippen molar-refractivity contribution in [1.29, 1.82) is 0 Å². The lowest BCUT2D eigenvalue weighted by Crippen LogP contribution is -2.54. The van der Waals surface area contributed by atoms with Crippen LogP contribution in [0.15, 0.2) is 58.7 Å². The van der Waals surface area contributed by atoms with Gasteiger partial charge in [-0.15, -0.1) is 0 Å². The smallest absolute Gasteiger partial charge is 0.308 e. The van der Waals surface area contributed by atoms with Gasteiger partial charge in [-0.2, -0.15) is 0 Å². The van der Waals surface area contributed by atoms with Gasteiger partial charge in [0.25, 0.3) is 11.8 Å². The number of aliphatic hydroxyl groups is 2. The lowest BCUT2D eigenvalue weighted by molar-refractivity contribution is -0.150. The minimum atomic E-state index is -1.01. The van der Waals surface area contributed by atoms with E-state index >= 15 is 0 Å². The maximum absolute atomic E-state index is 14.5. The highest BCUT2D eigenvalue weighted by Gasteiger charge is 2.48. The predicted octanol–water partition coefficient (Wildman–Crippen LogP) is 8.98. The van der Waals surface area contributed by atoms with E-state index < -0.39 is 41.3 Å². The highest BCUT2D eigenvalue weighted by atomic mass is 16.5. The van der Waals surface area contributed by atoms with Crippen LogP contribution in [0.25, 0.3) is 0 Å². The Hall–Kier alpha value is -5.60. The number of nitrogens with one attached hydrogen (secondary N) is 1. The van der Waals surface area contributed by atoms with E-state index in [0.29, 0.717) is 84.3 Å². The zero-order valence-electron chi connectivity index (χ0n) is 43.4. The van der Waals surface area contributed by atoms with Crippen LogP contribution in [0.3, 0.4) is 0 Å². The molecule has 0 spiro atoms. The predicted molar refractivity (Wildman–Crippen MR) is 271 cm³/mol. The molecule has 14 heteroatoms. The third-order valence-corrected chi connectivity index (χ3v) is 15.5. The third kappa shape index (κ3) is 11.7. The summed E-state index contributed by atoms with van der Waals surface area (Å²) in [7, 11) is 1.33. The van der Waals surface area contributed by atoms with Gasteiger partial charge in [0.05, 0.1) is 49.5 Å². The molecule has 71 heavy (non-hydrogen) atoms. The second-order valence-electron chi connectivity index (χ2n) is 21.8. The molecular weight excluding hydrogens is 903 g/mol. The molecule has 1 fully saturated rings. The van der Waals surface area contributed by atoms with Crippen molar-refractivity contribution in [1.82, 2.24) is 15.1 Å². The fourth-order valence-corrected chi connectivity index (χ4v) is 10.8. The zero-order valence-corrected chi connectivity index (χ0v) is 43.4. The molecule has 1 saturated carbocycles. The van der Waals surface area contributed by atoms with Crippen LogP contribution in [0.1, 0.15) is 175 Å². The number of ether oxygens (including phenoxy) is 3. The SMILES string of the molecule is COC(=O)C1CC(NC(=O)[C@H](CCCN2Cc3c(cc(O)c4c3O[C@](C)(CC/C=C(\C)CCC=C(C)C)[C@@H](O)C4)C2=O)N2Cc3c(cc(O)c4c3O[C@](C)(CC/C=C(\C)CCC=C(C)C)[C@@H](O)C4)C2=O)C1. The standard InChI is InChI=1S/C57H77N3O11/c1-33(2)15-10-17-35(5)19-12-22-56(7)48(63)29-41-46(61)27-39-43(50(41)70-56)31-59(53(39)66)24-14-21-45(52(65)58-38-25-37(26-38)55(68)69-9)60-32-44-40(54(60)67)28-47(62)42-30-49(64)57(8,71-51(42)44)23-13-20-36(6)18-11-16-34(3)4/h15-16,19-20,27-28,37-38,45,48-49,61-64H,10-14,17-18,21-26,29-32H2,1-9H3,(H,58,65)/b35-19+,36-20+/t37?,38?,45-,48-,49-,56+,57+/m0/s1. The van der Waals surface area contributed by atoms with E-state index in [4.69, 9.17) is 14.2 Å². The van der Waals surface area contributed by atoms with Crippen LogP contribution >= 0.6 is 0 Å². The van der Waals surface area contributed by atoms with Crippen molar-refractivity contribution in [3.8, 4) is 23.0 Å². The molecule has 0 unspecified atom stereocenters. The van der Waals surface area contributed by atoms with E-state index in [-0.39, 0.29) is 79.8 Å². The second kappa shape index (κ2) is 22.0. The number of carbonyl (C=O) groups excluding carboxylic acids is 4. The molecule has 5 atom stereocenters. The summed E-state index contributed by atoms with van der Waals surface area (Å²) in [5.74, 6) is -1.30. The largest absolute Gasteiger partial charge is 0.508 e. The summed E-state index contributed by atoms with van der Waals surface area (Å²) < 4.78 is 18.2. The molecule has 3 amide bonds. The van der Waals surface area contributed by atoms with E-state index in [0.717, 1.165) is 25.7 Å².